The number of thiocarbonyl (C=S) groups is 1. The maximum Gasteiger partial charge on any atom is 0.0816 e. The highest BCUT2D eigenvalue weighted by atomic mass is 32.1. The lowest BCUT2D eigenvalue weighted by Gasteiger charge is -2.25. The summed E-state index contributed by atoms with van der Waals surface area (Å²) in [5, 5.41) is 0. The summed E-state index contributed by atoms with van der Waals surface area (Å²) in [7, 11) is 1.72. The van der Waals surface area contributed by atoms with Gasteiger partial charge in [-0.3, -0.25) is 0 Å². The Kier molecular flexibility index (Phi) is 6.86. The van der Waals surface area contributed by atoms with Crippen LogP contribution in [0.2, 0.25) is 0 Å². The van der Waals surface area contributed by atoms with Crippen LogP contribution in [0.15, 0.2) is 30.3 Å². The van der Waals surface area contributed by atoms with Gasteiger partial charge in [-0.2, -0.15) is 0 Å². The molecule has 0 amide bonds. The number of hydrogen-bond donors (Lipinski definition) is 1. The lowest BCUT2D eigenvalue weighted by molar-refractivity contribution is 0.150. The van der Waals surface area contributed by atoms with E-state index in [1.807, 2.05) is 18.2 Å². The Bertz CT molecular complexity index is 356. The number of nitrogens with zero attached hydrogens (tertiary/aromatic N) is 1. The topological polar surface area (TPSA) is 38.5 Å². The van der Waals surface area contributed by atoms with E-state index in [-0.39, 0.29) is 5.92 Å². The number of hydrogen-bond acceptors (Lipinski definition) is 3. The molecule has 4 heteroatoms. The molecule has 0 heterocycles. The molecule has 0 saturated heterocycles. The molecule has 0 fully saturated rings. The van der Waals surface area contributed by atoms with Crippen molar-refractivity contribution in [2.75, 3.05) is 33.4 Å². The highest BCUT2D eigenvalue weighted by molar-refractivity contribution is 7.80. The number of likely N-dealkylation sites (N-methyl/N-ethyl adjacent to an activating group) is 1. The second-order valence-electron chi connectivity index (χ2n) is 4.25. The molecular formula is C14H22N2OS. The van der Waals surface area contributed by atoms with Gasteiger partial charge in [-0.05, 0) is 12.1 Å². The normalized spacial score (nSPS) is 12.6. The van der Waals surface area contributed by atoms with Gasteiger partial charge in [-0.1, -0.05) is 49.5 Å². The molecule has 0 spiro atoms. The van der Waals surface area contributed by atoms with Crippen LogP contribution in [0.25, 0.3) is 0 Å². The molecule has 1 aromatic carbocycles. The minimum atomic E-state index is 0.109. The van der Waals surface area contributed by atoms with Crippen molar-refractivity contribution in [2.24, 2.45) is 5.73 Å². The van der Waals surface area contributed by atoms with E-state index in [0.29, 0.717) is 4.99 Å². The lowest BCUT2D eigenvalue weighted by Crippen LogP contribution is -2.35. The molecule has 1 aromatic rings. The number of nitrogens with two attached hydrogens (primary N) is 1. The summed E-state index contributed by atoms with van der Waals surface area (Å²) in [5.74, 6) is 0.109. The molecule has 3 nitrogen and oxygen atoms in total. The lowest BCUT2D eigenvalue weighted by atomic mass is 9.98. The zero-order valence-electron chi connectivity index (χ0n) is 11.1. The molecule has 1 atom stereocenters. The summed E-state index contributed by atoms with van der Waals surface area (Å²) >= 11 is 5.20. The van der Waals surface area contributed by atoms with Crippen molar-refractivity contribution in [1.82, 2.24) is 4.90 Å². The summed E-state index contributed by atoms with van der Waals surface area (Å²) in [4.78, 5) is 2.86. The predicted octanol–water partition coefficient (Wildman–Crippen LogP) is 2.02. The van der Waals surface area contributed by atoms with Gasteiger partial charge in [-0.15, -0.1) is 0 Å². The van der Waals surface area contributed by atoms with Crippen molar-refractivity contribution in [1.29, 1.82) is 0 Å². The fraction of sp³-hybridized carbons (Fsp3) is 0.500. The highest BCUT2D eigenvalue weighted by Crippen LogP contribution is 2.17. The molecule has 1 unspecified atom stereocenters. The second-order valence-corrected chi connectivity index (χ2v) is 4.72. The van der Waals surface area contributed by atoms with Crippen LogP contribution < -0.4 is 5.73 Å². The third-order valence-electron chi connectivity index (χ3n) is 3.05. The van der Waals surface area contributed by atoms with Gasteiger partial charge in [-0.25, -0.2) is 0 Å². The van der Waals surface area contributed by atoms with Crippen molar-refractivity contribution >= 4 is 17.2 Å². The average Bonchev–Trinajstić information content (AvgIpc) is 2.39. The standard InChI is InChI=1S/C14H22N2OS/c1-3-16(9-10-17-2)11-13(14(15)18)12-7-5-4-6-8-12/h4-8,13H,3,9-11H2,1-2H3,(H2,15,18). The maximum absolute atomic E-state index is 5.87. The van der Waals surface area contributed by atoms with Gasteiger partial charge in [0.1, 0.15) is 0 Å². The minimum Gasteiger partial charge on any atom is -0.393 e. The van der Waals surface area contributed by atoms with Crippen LogP contribution in [0.1, 0.15) is 18.4 Å². The van der Waals surface area contributed by atoms with E-state index in [2.05, 4.69) is 24.0 Å². The molecule has 2 N–H and O–H groups in total. The van der Waals surface area contributed by atoms with E-state index in [4.69, 9.17) is 22.7 Å². The van der Waals surface area contributed by atoms with Crippen LogP contribution in [0, 0.1) is 0 Å². The summed E-state index contributed by atoms with van der Waals surface area (Å²) in [6.07, 6.45) is 0. The molecule has 0 bridgehead atoms. The van der Waals surface area contributed by atoms with Crippen LogP contribution in [-0.4, -0.2) is 43.2 Å². The Balaban J connectivity index is 2.71. The van der Waals surface area contributed by atoms with Gasteiger partial charge >= 0.3 is 0 Å². The van der Waals surface area contributed by atoms with Gasteiger partial charge in [0.05, 0.1) is 11.6 Å². The first kappa shape index (κ1) is 15.1. The van der Waals surface area contributed by atoms with Crippen molar-refractivity contribution in [3.63, 3.8) is 0 Å². The van der Waals surface area contributed by atoms with E-state index in [1.165, 1.54) is 5.56 Å². The van der Waals surface area contributed by atoms with Crippen molar-refractivity contribution < 1.29 is 4.74 Å². The van der Waals surface area contributed by atoms with E-state index in [1.54, 1.807) is 7.11 Å². The van der Waals surface area contributed by atoms with E-state index in [9.17, 15) is 0 Å². The van der Waals surface area contributed by atoms with Gasteiger partial charge in [0, 0.05) is 26.1 Å². The minimum absolute atomic E-state index is 0.109. The van der Waals surface area contributed by atoms with E-state index >= 15 is 0 Å². The summed E-state index contributed by atoms with van der Waals surface area (Å²) in [6.45, 7) is 5.58. The Morgan fingerprint density at radius 2 is 2.06 bits per heavy atom. The summed E-state index contributed by atoms with van der Waals surface area (Å²) in [5.41, 5.74) is 7.06. The smallest absolute Gasteiger partial charge is 0.0816 e. The molecule has 0 aromatic heterocycles. The van der Waals surface area contributed by atoms with Crippen LogP contribution in [-0.2, 0) is 4.74 Å². The average molecular weight is 266 g/mol. The Morgan fingerprint density at radius 3 is 2.56 bits per heavy atom. The molecule has 0 saturated carbocycles. The predicted molar refractivity (Wildman–Crippen MR) is 80.0 cm³/mol. The van der Waals surface area contributed by atoms with Gasteiger partial charge in [0.15, 0.2) is 0 Å². The first-order valence-electron chi connectivity index (χ1n) is 6.24. The van der Waals surface area contributed by atoms with Gasteiger partial charge < -0.3 is 15.4 Å². The van der Waals surface area contributed by atoms with E-state index in [0.717, 1.165) is 26.2 Å². The third-order valence-corrected chi connectivity index (χ3v) is 3.33. The van der Waals surface area contributed by atoms with Gasteiger partial charge in [0.2, 0.25) is 0 Å². The largest absolute Gasteiger partial charge is 0.393 e. The molecule has 0 aliphatic heterocycles. The molecule has 0 aliphatic carbocycles. The zero-order chi connectivity index (χ0) is 13.4. The Labute approximate surface area is 115 Å². The maximum atomic E-state index is 5.87. The van der Waals surface area contributed by atoms with Crippen LogP contribution >= 0.6 is 12.2 Å². The summed E-state index contributed by atoms with van der Waals surface area (Å²) in [6, 6.07) is 10.2. The highest BCUT2D eigenvalue weighted by Gasteiger charge is 2.17. The van der Waals surface area contributed by atoms with Crippen LogP contribution in [0.5, 0.6) is 0 Å². The first-order valence-corrected chi connectivity index (χ1v) is 6.65. The van der Waals surface area contributed by atoms with Crippen LogP contribution in [0.3, 0.4) is 0 Å². The van der Waals surface area contributed by atoms with Crippen molar-refractivity contribution in [2.45, 2.75) is 12.8 Å². The third kappa shape index (κ3) is 4.72. The monoisotopic (exact) mass is 266 g/mol. The fourth-order valence-corrected chi connectivity index (χ4v) is 2.11. The number of methoxy groups -OCH3 is 1. The SMILES string of the molecule is CCN(CCOC)CC(C(N)=S)c1ccccc1. The summed E-state index contributed by atoms with van der Waals surface area (Å²) < 4.78 is 5.12. The Morgan fingerprint density at radius 1 is 1.39 bits per heavy atom. The van der Waals surface area contributed by atoms with Crippen LogP contribution in [0.4, 0.5) is 0 Å². The first-order chi connectivity index (χ1) is 8.69. The zero-order valence-corrected chi connectivity index (χ0v) is 12.0. The number of ether oxygens (including phenoxy) is 1. The second kappa shape index (κ2) is 8.19. The quantitative estimate of drug-likeness (QED) is 0.731. The molecule has 0 radical (unpaired) electrons. The molecule has 100 valence electrons. The van der Waals surface area contributed by atoms with Gasteiger partial charge in [0.25, 0.3) is 0 Å². The molecule has 1 rings (SSSR count). The van der Waals surface area contributed by atoms with E-state index < -0.39 is 0 Å². The fourth-order valence-electron chi connectivity index (χ4n) is 1.90. The molecule has 18 heavy (non-hydrogen) atoms. The van der Waals surface area contributed by atoms with Crippen molar-refractivity contribution in [3.8, 4) is 0 Å². The van der Waals surface area contributed by atoms with Crippen molar-refractivity contribution in [3.05, 3.63) is 35.9 Å². The molecular weight excluding hydrogens is 244 g/mol. The number of benzene rings is 1. The molecule has 0 aliphatic rings. The number of rotatable bonds is 8. The Hall–Kier alpha value is -0.970.